The SMILES string of the molecule is CC(C)(C)OC(=O)n1cccc1C1CCOC1=O. The third-order valence-corrected chi connectivity index (χ3v) is 2.66. The van der Waals surface area contributed by atoms with E-state index in [2.05, 4.69) is 0 Å². The van der Waals surface area contributed by atoms with Crippen LogP contribution in [-0.2, 0) is 14.3 Å². The molecule has 1 aromatic heterocycles. The van der Waals surface area contributed by atoms with E-state index >= 15 is 0 Å². The van der Waals surface area contributed by atoms with Gasteiger partial charge in [0.05, 0.1) is 6.61 Å². The number of nitrogens with zero attached hydrogens (tertiary/aromatic N) is 1. The second-order valence-corrected chi connectivity index (χ2v) is 5.29. The van der Waals surface area contributed by atoms with E-state index < -0.39 is 11.7 Å². The highest BCUT2D eigenvalue weighted by Crippen LogP contribution is 2.27. The van der Waals surface area contributed by atoms with Crippen molar-refractivity contribution < 1.29 is 19.1 Å². The highest BCUT2D eigenvalue weighted by Gasteiger charge is 2.32. The van der Waals surface area contributed by atoms with Crippen LogP contribution in [0, 0.1) is 0 Å². The molecule has 5 nitrogen and oxygen atoms in total. The Labute approximate surface area is 106 Å². The third kappa shape index (κ3) is 2.55. The van der Waals surface area contributed by atoms with E-state index in [1.54, 1.807) is 39.1 Å². The molecule has 2 heterocycles. The average Bonchev–Trinajstić information content (AvgIpc) is 2.82. The summed E-state index contributed by atoms with van der Waals surface area (Å²) >= 11 is 0. The van der Waals surface area contributed by atoms with Gasteiger partial charge < -0.3 is 9.47 Å². The second-order valence-electron chi connectivity index (χ2n) is 5.29. The van der Waals surface area contributed by atoms with Gasteiger partial charge in [-0.25, -0.2) is 4.79 Å². The van der Waals surface area contributed by atoms with Crippen LogP contribution in [0.1, 0.15) is 38.8 Å². The summed E-state index contributed by atoms with van der Waals surface area (Å²) in [4.78, 5) is 23.5. The summed E-state index contributed by atoms with van der Waals surface area (Å²) in [6.45, 7) is 5.82. The first-order chi connectivity index (χ1) is 8.38. The van der Waals surface area contributed by atoms with Crippen LogP contribution in [0.25, 0.3) is 0 Å². The molecule has 0 saturated carbocycles. The van der Waals surface area contributed by atoms with E-state index in [1.807, 2.05) is 0 Å². The molecule has 5 heteroatoms. The summed E-state index contributed by atoms with van der Waals surface area (Å²) in [6, 6.07) is 3.48. The fourth-order valence-corrected chi connectivity index (χ4v) is 1.92. The van der Waals surface area contributed by atoms with Crippen molar-refractivity contribution in [1.29, 1.82) is 0 Å². The van der Waals surface area contributed by atoms with E-state index in [9.17, 15) is 9.59 Å². The van der Waals surface area contributed by atoms with Crippen molar-refractivity contribution in [2.45, 2.75) is 38.7 Å². The molecule has 0 radical (unpaired) electrons. The van der Waals surface area contributed by atoms with Gasteiger partial charge in [0.25, 0.3) is 0 Å². The van der Waals surface area contributed by atoms with Crippen LogP contribution in [0.4, 0.5) is 4.79 Å². The van der Waals surface area contributed by atoms with Gasteiger partial charge in [0, 0.05) is 18.3 Å². The maximum Gasteiger partial charge on any atom is 0.418 e. The molecule has 1 saturated heterocycles. The molecular weight excluding hydrogens is 234 g/mol. The van der Waals surface area contributed by atoms with E-state index in [0.29, 0.717) is 18.7 Å². The molecule has 2 rings (SSSR count). The van der Waals surface area contributed by atoms with Crippen molar-refractivity contribution >= 4 is 12.1 Å². The summed E-state index contributed by atoms with van der Waals surface area (Å²) in [5.74, 6) is -0.647. The number of carbonyl (C=O) groups excluding carboxylic acids is 2. The first-order valence-corrected chi connectivity index (χ1v) is 5.96. The predicted molar refractivity (Wildman–Crippen MR) is 64.4 cm³/mol. The number of ether oxygens (including phenoxy) is 2. The lowest BCUT2D eigenvalue weighted by Crippen LogP contribution is -2.28. The van der Waals surface area contributed by atoms with Gasteiger partial charge in [0.2, 0.25) is 0 Å². The largest absolute Gasteiger partial charge is 0.465 e. The molecule has 0 aromatic carbocycles. The van der Waals surface area contributed by atoms with Gasteiger partial charge in [-0.3, -0.25) is 9.36 Å². The number of rotatable bonds is 1. The Hall–Kier alpha value is -1.78. The number of aromatic nitrogens is 1. The monoisotopic (exact) mass is 251 g/mol. The normalized spacial score (nSPS) is 19.7. The molecule has 1 atom stereocenters. The van der Waals surface area contributed by atoms with Crippen molar-refractivity contribution in [1.82, 2.24) is 4.57 Å². The molecule has 1 aromatic rings. The predicted octanol–water partition coefficient (Wildman–Crippen LogP) is 2.30. The first-order valence-electron chi connectivity index (χ1n) is 5.96. The van der Waals surface area contributed by atoms with E-state index in [-0.39, 0.29) is 11.9 Å². The molecule has 0 bridgehead atoms. The summed E-state index contributed by atoms with van der Waals surface area (Å²) < 4.78 is 11.6. The summed E-state index contributed by atoms with van der Waals surface area (Å²) in [6.07, 6.45) is 1.74. The molecular formula is C13H17NO4. The van der Waals surface area contributed by atoms with Crippen LogP contribution in [-0.4, -0.2) is 28.8 Å². The molecule has 1 unspecified atom stereocenters. The molecule has 0 amide bonds. The zero-order valence-corrected chi connectivity index (χ0v) is 10.8. The number of hydrogen-bond donors (Lipinski definition) is 0. The standard InChI is InChI=1S/C13H17NO4/c1-13(2,3)18-12(16)14-7-4-5-10(14)9-6-8-17-11(9)15/h4-5,7,9H,6,8H2,1-3H3. The van der Waals surface area contributed by atoms with Gasteiger partial charge in [-0.1, -0.05) is 0 Å². The fraction of sp³-hybridized carbons (Fsp3) is 0.538. The topological polar surface area (TPSA) is 57.5 Å². The third-order valence-electron chi connectivity index (χ3n) is 2.66. The minimum absolute atomic E-state index is 0.279. The molecule has 18 heavy (non-hydrogen) atoms. The van der Waals surface area contributed by atoms with Crippen molar-refractivity contribution in [3.05, 3.63) is 24.0 Å². The number of esters is 1. The Kier molecular flexibility index (Phi) is 3.15. The van der Waals surface area contributed by atoms with E-state index in [4.69, 9.17) is 9.47 Å². The number of carbonyl (C=O) groups is 2. The van der Waals surface area contributed by atoms with Crippen LogP contribution in [0.5, 0.6) is 0 Å². The van der Waals surface area contributed by atoms with Gasteiger partial charge in [0.15, 0.2) is 0 Å². The summed E-state index contributed by atoms with van der Waals surface area (Å²) in [7, 11) is 0. The molecule has 1 aliphatic heterocycles. The number of hydrogen-bond acceptors (Lipinski definition) is 4. The van der Waals surface area contributed by atoms with Gasteiger partial charge in [-0.2, -0.15) is 0 Å². The van der Waals surface area contributed by atoms with Crippen LogP contribution in [0.2, 0.25) is 0 Å². The van der Waals surface area contributed by atoms with E-state index in [1.165, 1.54) is 4.57 Å². The van der Waals surface area contributed by atoms with Gasteiger partial charge >= 0.3 is 12.1 Å². The molecule has 98 valence electrons. The molecule has 0 aliphatic carbocycles. The Balaban J connectivity index is 2.22. The zero-order chi connectivity index (χ0) is 13.3. The summed E-state index contributed by atoms with van der Waals surface area (Å²) in [5.41, 5.74) is 0.0705. The Morgan fingerprint density at radius 1 is 1.50 bits per heavy atom. The second kappa shape index (κ2) is 4.48. The van der Waals surface area contributed by atoms with Gasteiger partial charge in [0.1, 0.15) is 11.5 Å². The highest BCUT2D eigenvalue weighted by molar-refractivity contribution is 5.81. The Morgan fingerprint density at radius 2 is 2.22 bits per heavy atom. The van der Waals surface area contributed by atoms with Crippen molar-refractivity contribution in [3.8, 4) is 0 Å². The highest BCUT2D eigenvalue weighted by atomic mass is 16.6. The Morgan fingerprint density at radius 3 is 2.78 bits per heavy atom. The lowest BCUT2D eigenvalue weighted by atomic mass is 10.0. The van der Waals surface area contributed by atoms with Gasteiger partial charge in [-0.15, -0.1) is 0 Å². The van der Waals surface area contributed by atoms with E-state index in [0.717, 1.165) is 0 Å². The number of cyclic esters (lactones) is 1. The minimum atomic E-state index is -0.561. The fourth-order valence-electron chi connectivity index (χ4n) is 1.92. The molecule has 0 spiro atoms. The maximum absolute atomic E-state index is 12.0. The molecule has 1 aliphatic rings. The average molecular weight is 251 g/mol. The van der Waals surface area contributed by atoms with Crippen molar-refractivity contribution in [2.75, 3.05) is 6.61 Å². The van der Waals surface area contributed by atoms with Crippen molar-refractivity contribution in [3.63, 3.8) is 0 Å². The molecule has 1 fully saturated rings. The maximum atomic E-state index is 12.0. The van der Waals surface area contributed by atoms with Crippen LogP contribution in [0.15, 0.2) is 18.3 Å². The van der Waals surface area contributed by atoms with Crippen LogP contribution >= 0.6 is 0 Å². The minimum Gasteiger partial charge on any atom is -0.465 e. The first kappa shape index (κ1) is 12.7. The molecule has 0 N–H and O–H groups in total. The lowest BCUT2D eigenvalue weighted by Gasteiger charge is -2.21. The summed E-state index contributed by atoms with van der Waals surface area (Å²) in [5, 5.41) is 0. The zero-order valence-electron chi connectivity index (χ0n) is 10.8. The smallest absolute Gasteiger partial charge is 0.418 e. The Bertz CT molecular complexity index is 470. The van der Waals surface area contributed by atoms with Crippen LogP contribution < -0.4 is 0 Å². The quantitative estimate of drug-likeness (QED) is 0.719. The van der Waals surface area contributed by atoms with Crippen LogP contribution in [0.3, 0.4) is 0 Å². The van der Waals surface area contributed by atoms with Crippen molar-refractivity contribution in [2.24, 2.45) is 0 Å². The van der Waals surface area contributed by atoms with Gasteiger partial charge in [-0.05, 0) is 32.9 Å². The lowest BCUT2D eigenvalue weighted by molar-refractivity contribution is -0.139.